The molecule has 0 bridgehead atoms. The van der Waals surface area contributed by atoms with Crippen molar-refractivity contribution in [3.05, 3.63) is 35.4 Å². The third-order valence-corrected chi connectivity index (χ3v) is 3.44. The van der Waals surface area contributed by atoms with E-state index in [-0.39, 0.29) is 0 Å². The molecule has 0 aliphatic heterocycles. The number of aryl methyl sites for hydroxylation is 1. The maximum Gasteiger partial charge on any atom is 0.314 e. The molecular formula is C13H16O3. The average Bonchev–Trinajstić information content (AvgIpc) is 2.14. The largest absolute Gasteiger partial charge is 0.481 e. The van der Waals surface area contributed by atoms with E-state index in [1.165, 1.54) is 0 Å². The van der Waals surface area contributed by atoms with Crippen molar-refractivity contribution in [1.82, 2.24) is 0 Å². The SMILES string of the molecule is Cc1ccccc1C1(C(=O)O)CC(C)(O)C1. The van der Waals surface area contributed by atoms with E-state index in [2.05, 4.69) is 0 Å². The summed E-state index contributed by atoms with van der Waals surface area (Å²) in [5.74, 6) is -0.840. The summed E-state index contributed by atoms with van der Waals surface area (Å²) < 4.78 is 0. The molecule has 1 aromatic rings. The molecule has 0 spiro atoms. The number of rotatable bonds is 2. The van der Waals surface area contributed by atoms with Crippen molar-refractivity contribution < 1.29 is 15.0 Å². The molecule has 3 heteroatoms. The van der Waals surface area contributed by atoms with Crippen molar-refractivity contribution in [2.45, 2.75) is 37.7 Å². The Morgan fingerprint density at radius 2 is 1.88 bits per heavy atom. The van der Waals surface area contributed by atoms with Gasteiger partial charge in [-0.15, -0.1) is 0 Å². The van der Waals surface area contributed by atoms with E-state index in [1.54, 1.807) is 6.92 Å². The minimum absolute atomic E-state index is 0.292. The molecule has 2 rings (SSSR count). The molecule has 0 radical (unpaired) electrons. The first kappa shape index (κ1) is 11.1. The minimum Gasteiger partial charge on any atom is -0.481 e. The van der Waals surface area contributed by atoms with Gasteiger partial charge in [-0.1, -0.05) is 24.3 Å². The molecule has 1 aliphatic carbocycles. The fraction of sp³-hybridized carbons (Fsp3) is 0.462. The van der Waals surface area contributed by atoms with Gasteiger partial charge in [-0.2, -0.15) is 0 Å². The predicted molar refractivity (Wildman–Crippen MR) is 60.4 cm³/mol. The standard InChI is InChI=1S/C13H16O3/c1-9-5-3-4-6-10(9)13(11(14)15)7-12(2,16)8-13/h3-6,16H,7-8H2,1-2H3,(H,14,15). The Morgan fingerprint density at radius 1 is 1.31 bits per heavy atom. The van der Waals surface area contributed by atoms with Crippen LogP contribution in [0.5, 0.6) is 0 Å². The summed E-state index contributed by atoms with van der Waals surface area (Å²) in [7, 11) is 0. The van der Waals surface area contributed by atoms with Crippen LogP contribution in [0.25, 0.3) is 0 Å². The molecule has 2 N–H and O–H groups in total. The summed E-state index contributed by atoms with van der Waals surface area (Å²) in [5.41, 5.74) is 0.0598. The molecule has 1 aromatic carbocycles. The Labute approximate surface area is 94.7 Å². The molecule has 0 saturated heterocycles. The van der Waals surface area contributed by atoms with Gasteiger partial charge in [0.15, 0.2) is 0 Å². The van der Waals surface area contributed by atoms with Crippen molar-refractivity contribution >= 4 is 5.97 Å². The van der Waals surface area contributed by atoms with E-state index in [4.69, 9.17) is 0 Å². The van der Waals surface area contributed by atoms with Crippen LogP contribution in [0, 0.1) is 6.92 Å². The summed E-state index contributed by atoms with van der Waals surface area (Å²) in [5, 5.41) is 19.2. The highest BCUT2D eigenvalue weighted by Gasteiger charge is 2.57. The first-order valence-electron chi connectivity index (χ1n) is 5.39. The number of carboxylic acids is 1. The van der Waals surface area contributed by atoms with Gasteiger partial charge in [0.1, 0.15) is 0 Å². The average molecular weight is 220 g/mol. The molecule has 0 amide bonds. The lowest BCUT2D eigenvalue weighted by atomic mass is 9.56. The molecule has 0 aromatic heterocycles. The summed E-state index contributed by atoms with van der Waals surface area (Å²) in [6, 6.07) is 7.50. The Bertz CT molecular complexity index is 427. The van der Waals surface area contributed by atoms with Gasteiger partial charge >= 0.3 is 5.97 Å². The van der Waals surface area contributed by atoms with Gasteiger partial charge in [-0.25, -0.2) is 0 Å². The quantitative estimate of drug-likeness (QED) is 0.799. The number of carboxylic acid groups (broad SMARTS) is 1. The van der Waals surface area contributed by atoms with Gasteiger partial charge in [-0.3, -0.25) is 4.79 Å². The highest BCUT2D eigenvalue weighted by Crippen LogP contribution is 2.51. The van der Waals surface area contributed by atoms with Gasteiger partial charge in [0, 0.05) is 0 Å². The van der Waals surface area contributed by atoms with Gasteiger partial charge < -0.3 is 10.2 Å². The molecule has 1 saturated carbocycles. The second kappa shape index (κ2) is 3.32. The second-order valence-corrected chi connectivity index (χ2v) is 5.05. The van der Waals surface area contributed by atoms with Crippen LogP contribution in [-0.2, 0) is 10.2 Å². The summed E-state index contributed by atoms with van der Waals surface area (Å²) >= 11 is 0. The van der Waals surface area contributed by atoms with Crippen LogP contribution in [0.15, 0.2) is 24.3 Å². The molecular weight excluding hydrogens is 204 g/mol. The van der Waals surface area contributed by atoms with Crippen molar-refractivity contribution in [3.8, 4) is 0 Å². The maximum absolute atomic E-state index is 11.4. The lowest BCUT2D eigenvalue weighted by Gasteiger charge is -2.49. The van der Waals surface area contributed by atoms with E-state index in [1.807, 2.05) is 31.2 Å². The minimum atomic E-state index is -0.894. The second-order valence-electron chi connectivity index (χ2n) is 5.05. The molecule has 1 aliphatic rings. The van der Waals surface area contributed by atoms with E-state index in [0.717, 1.165) is 11.1 Å². The lowest BCUT2D eigenvalue weighted by Crippen LogP contribution is -2.57. The fourth-order valence-corrected chi connectivity index (χ4v) is 2.82. The number of aliphatic carboxylic acids is 1. The van der Waals surface area contributed by atoms with Crippen LogP contribution >= 0.6 is 0 Å². The normalized spacial score (nSPS) is 33.2. The van der Waals surface area contributed by atoms with Gasteiger partial charge in [0.2, 0.25) is 0 Å². The van der Waals surface area contributed by atoms with Crippen molar-refractivity contribution in [3.63, 3.8) is 0 Å². The number of hydrogen-bond donors (Lipinski definition) is 2. The monoisotopic (exact) mass is 220 g/mol. The van der Waals surface area contributed by atoms with Crippen LogP contribution in [0.4, 0.5) is 0 Å². The zero-order valence-corrected chi connectivity index (χ0v) is 9.53. The highest BCUT2D eigenvalue weighted by molar-refractivity contribution is 5.84. The Hall–Kier alpha value is -1.35. The molecule has 3 nitrogen and oxygen atoms in total. The zero-order chi connectivity index (χ0) is 12.0. The summed E-state index contributed by atoms with van der Waals surface area (Å²) in [6.45, 7) is 3.60. The predicted octanol–water partition coefficient (Wildman–Crippen LogP) is 1.86. The number of carbonyl (C=O) groups is 1. The summed E-state index contributed by atoms with van der Waals surface area (Å²) in [4.78, 5) is 11.4. The molecule has 0 heterocycles. The van der Waals surface area contributed by atoms with E-state index in [0.29, 0.717) is 12.8 Å². The zero-order valence-electron chi connectivity index (χ0n) is 9.53. The third-order valence-electron chi connectivity index (χ3n) is 3.44. The maximum atomic E-state index is 11.4. The van der Waals surface area contributed by atoms with Gasteiger partial charge in [-0.05, 0) is 37.8 Å². The third kappa shape index (κ3) is 1.52. The van der Waals surface area contributed by atoms with Crippen LogP contribution in [0.3, 0.4) is 0 Å². The Balaban J connectivity index is 2.44. The van der Waals surface area contributed by atoms with Crippen LogP contribution < -0.4 is 0 Å². The van der Waals surface area contributed by atoms with Crippen LogP contribution in [-0.4, -0.2) is 21.8 Å². The molecule has 0 unspecified atom stereocenters. The van der Waals surface area contributed by atoms with Crippen LogP contribution in [0.2, 0.25) is 0 Å². The van der Waals surface area contributed by atoms with Gasteiger partial charge in [0.25, 0.3) is 0 Å². The molecule has 86 valence electrons. The van der Waals surface area contributed by atoms with E-state index in [9.17, 15) is 15.0 Å². The number of aliphatic hydroxyl groups is 1. The van der Waals surface area contributed by atoms with E-state index < -0.39 is 17.0 Å². The molecule has 16 heavy (non-hydrogen) atoms. The summed E-state index contributed by atoms with van der Waals surface area (Å²) in [6.07, 6.45) is 0.584. The first-order valence-corrected chi connectivity index (χ1v) is 5.39. The van der Waals surface area contributed by atoms with Gasteiger partial charge in [0.05, 0.1) is 11.0 Å². The number of hydrogen-bond acceptors (Lipinski definition) is 2. The smallest absolute Gasteiger partial charge is 0.314 e. The van der Waals surface area contributed by atoms with E-state index >= 15 is 0 Å². The topological polar surface area (TPSA) is 57.5 Å². The Kier molecular flexibility index (Phi) is 2.31. The lowest BCUT2D eigenvalue weighted by molar-refractivity contribution is -0.162. The molecule has 1 fully saturated rings. The highest BCUT2D eigenvalue weighted by atomic mass is 16.4. The Morgan fingerprint density at radius 3 is 2.31 bits per heavy atom. The van der Waals surface area contributed by atoms with Crippen LogP contribution in [0.1, 0.15) is 30.9 Å². The van der Waals surface area contributed by atoms with Crippen molar-refractivity contribution in [2.24, 2.45) is 0 Å². The van der Waals surface area contributed by atoms with Crippen molar-refractivity contribution in [2.75, 3.05) is 0 Å². The number of benzene rings is 1. The molecule has 0 atom stereocenters. The van der Waals surface area contributed by atoms with Crippen molar-refractivity contribution in [1.29, 1.82) is 0 Å². The first-order chi connectivity index (χ1) is 7.37. The fourth-order valence-electron chi connectivity index (χ4n) is 2.82.